The first-order valence-electron chi connectivity index (χ1n) is 3.97. The van der Waals surface area contributed by atoms with E-state index in [2.05, 4.69) is 5.32 Å². The minimum atomic E-state index is -0.165. The van der Waals surface area contributed by atoms with E-state index in [4.69, 9.17) is 0 Å². The standard InChI is InChI=1S/C9H10FNS/c10-8-3-1-7(2-4-8)9-11-5-6-12-9/h1-4,9,11H,5-6H2/t9-/m1/s1. The van der Waals surface area contributed by atoms with Crippen molar-refractivity contribution in [3.05, 3.63) is 35.6 Å². The number of benzene rings is 1. The molecule has 1 aromatic rings. The van der Waals surface area contributed by atoms with Crippen molar-refractivity contribution in [1.29, 1.82) is 0 Å². The normalized spacial score (nSPS) is 22.9. The fourth-order valence-electron chi connectivity index (χ4n) is 1.28. The van der Waals surface area contributed by atoms with Gasteiger partial charge in [-0.05, 0) is 17.7 Å². The van der Waals surface area contributed by atoms with Crippen LogP contribution < -0.4 is 5.32 Å². The zero-order chi connectivity index (χ0) is 8.39. The van der Waals surface area contributed by atoms with Gasteiger partial charge in [-0.25, -0.2) is 4.39 Å². The van der Waals surface area contributed by atoms with Crippen molar-refractivity contribution in [2.75, 3.05) is 12.3 Å². The van der Waals surface area contributed by atoms with Gasteiger partial charge < -0.3 is 5.32 Å². The molecular weight excluding hydrogens is 173 g/mol. The van der Waals surface area contributed by atoms with E-state index >= 15 is 0 Å². The lowest BCUT2D eigenvalue weighted by molar-refractivity contribution is 0.626. The first kappa shape index (κ1) is 8.08. The van der Waals surface area contributed by atoms with Crippen LogP contribution in [0.2, 0.25) is 0 Å². The van der Waals surface area contributed by atoms with Crippen LogP contribution in [0.1, 0.15) is 10.9 Å². The average Bonchev–Trinajstić information content (AvgIpc) is 2.58. The van der Waals surface area contributed by atoms with Gasteiger partial charge in [0, 0.05) is 12.3 Å². The van der Waals surface area contributed by atoms with Crippen LogP contribution in [-0.2, 0) is 0 Å². The highest BCUT2D eigenvalue weighted by molar-refractivity contribution is 7.99. The van der Waals surface area contributed by atoms with Gasteiger partial charge in [-0.2, -0.15) is 0 Å². The molecule has 0 unspecified atom stereocenters. The summed E-state index contributed by atoms with van der Waals surface area (Å²) in [4.78, 5) is 0. The van der Waals surface area contributed by atoms with E-state index in [0.29, 0.717) is 5.37 Å². The highest BCUT2D eigenvalue weighted by atomic mass is 32.2. The third-order valence-electron chi connectivity index (χ3n) is 1.89. The van der Waals surface area contributed by atoms with E-state index in [1.165, 1.54) is 17.7 Å². The molecule has 64 valence electrons. The molecule has 1 N–H and O–H groups in total. The molecule has 1 heterocycles. The molecule has 0 bridgehead atoms. The first-order valence-corrected chi connectivity index (χ1v) is 5.01. The molecule has 1 aliphatic rings. The Balaban J connectivity index is 2.17. The van der Waals surface area contributed by atoms with E-state index in [0.717, 1.165) is 12.3 Å². The molecule has 0 aliphatic carbocycles. The van der Waals surface area contributed by atoms with E-state index in [-0.39, 0.29) is 5.82 Å². The molecule has 0 spiro atoms. The second-order valence-corrected chi connectivity index (χ2v) is 3.97. The van der Waals surface area contributed by atoms with E-state index in [1.807, 2.05) is 23.9 Å². The summed E-state index contributed by atoms with van der Waals surface area (Å²) in [6.45, 7) is 1.05. The minimum Gasteiger partial charge on any atom is -0.301 e. The number of nitrogens with one attached hydrogen (secondary N) is 1. The minimum absolute atomic E-state index is 0.165. The molecule has 3 heteroatoms. The van der Waals surface area contributed by atoms with Crippen molar-refractivity contribution < 1.29 is 4.39 Å². The van der Waals surface area contributed by atoms with Crippen LogP contribution in [0.3, 0.4) is 0 Å². The Morgan fingerprint density at radius 2 is 2.08 bits per heavy atom. The average molecular weight is 183 g/mol. The van der Waals surface area contributed by atoms with Gasteiger partial charge in [-0.3, -0.25) is 0 Å². The second-order valence-electron chi connectivity index (χ2n) is 2.76. The van der Waals surface area contributed by atoms with Gasteiger partial charge in [0.05, 0.1) is 5.37 Å². The summed E-state index contributed by atoms with van der Waals surface area (Å²) in [6, 6.07) is 6.70. The molecule has 1 fully saturated rings. The first-order chi connectivity index (χ1) is 5.86. The summed E-state index contributed by atoms with van der Waals surface area (Å²) in [5.74, 6) is 0.976. The Morgan fingerprint density at radius 1 is 1.33 bits per heavy atom. The molecular formula is C9H10FNS. The number of thioether (sulfide) groups is 1. The fourth-order valence-corrected chi connectivity index (χ4v) is 2.33. The summed E-state index contributed by atoms with van der Waals surface area (Å²) in [5, 5.41) is 3.70. The van der Waals surface area contributed by atoms with Crippen molar-refractivity contribution in [2.24, 2.45) is 0 Å². The molecule has 0 radical (unpaired) electrons. The Morgan fingerprint density at radius 3 is 2.67 bits per heavy atom. The van der Waals surface area contributed by atoms with Crippen molar-refractivity contribution in [2.45, 2.75) is 5.37 Å². The molecule has 2 rings (SSSR count). The van der Waals surface area contributed by atoms with Crippen LogP contribution in [0, 0.1) is 5.82 Å². The van der Waals surface area contributed by atoms with Crippen LogP contribution in [-0.4, -0.2) is 12.3 Å². The maximum atomic E-state index is 12.5. The number of rotatable bonds is 1. The van der Waals surface area contributed by atoms with Gasteiger partial charge >= 0.3 is 0 Å². The molecule has 0 aromatic heterocycles. The van der Waals surface area contributed by atoms with E-state index < -0.39 is 0 Å². The number of hydrogen-bond donors (Lipinski definition) is 1. The number of halogens is 1. The van der Waals surface area contributed by atoms with Crippen LogP contribution >= 0.6 is 11.8 Å². The number of hydrogen-bond acceptors (Lipinski definition) is 2. The lowest BCUT2D eigenvalue weighted by atomic mass is 10.2. The summed E-state index contributed by atoms with van der Waals surface area (Å²) in [5.41, 5.74) is 1.17. The maximum Gasteiger partial charge on any atom is 0.123 e. The monoisotopic (exact) mass is 183 g/mol. The quantitative estimate of drug-likeness (QED) is 0.716. The highest BCUT2D eigenvalue weighted by Gasteiger charge is 2.15. The third kappa shape index (κ3) is 1.62. The van der Waals surface area contributed by atoms with Crippen molar-refractivity contribution in [3.8, 4) is 0 Å². The van der Waals surface area contributed by atoms with Crippen molar-refractivity contribution >= 4 is 11.8 Å². The smallest absolute Gasteiger partial charge is 0.123 e. The zero-order valence-electron chi connectivity index (χ0n) is 6.59. The lowest BCUT2D eigenvalue weighted by Gasteiger charge is -2.08. The molecule has 1 atom stereocenters. The zero-order valence-corrected chi connectivity index (χ0v) is 7.40. The topological polar surface area (TPSA) is 12.0 Å². The van der Waals surface area contributed by atoms with Crippen molar-refractivity contribution in [1.82, 2.24) is 5.32 Å². The fraction of sp³-hybridized carbons (Fsp3) is 0.333. The molecule has 0 saturated carbocycles. The molecule has 1 saturated heterocycles. The predicted octanol–water partition coefficient (Wildman–Crippen LogP) is 2.16. The Kier molecular flexibility index (Phi) is 2.33. The van der Waals surface area contributed by atoms with Crippen LogP contribution in [0.25, 0.3) is 0 Å². The molecule has 12 heavy (non-hydrogen) atoms. The van der Waals surface area contributed by atoms with Gasteiger partial charge in [0.1, 0.15) is 5.82 Å². The maximum absolute atomic E-state index is 12.5. The summed E-state index contributed by atoms with van der Waals surface area (Å²) in [7, 11) is 0. The Bertz CT molecular complexity index is 254. The van der Waals surface area contributed by atoms with Crippen LogP contribution in [0.4, 0.5) is 4.39 Å². The summed E-state index contributed by atoms with van der Waals surface area (Å²) < 4.78 is 12.5. The van der Waals surface area contributed by atoms with Crippen LogP contribution in [0.5, 0.6) is 0 Å². The lowest BCUT2D eigenvalue weighted by Crippen LogP contribution is -2.11. The van der Waals surface area contributed by atoms with Crippen LogP contribution in [0.15, 0.2) is 24.3 Å². The van der Waals surface area contributed by atoms with Gasteiger partial charge in [0.15, 0.2) is 0 Å². The molecule has 1 nitrogen and oxygen atoms in total. The highest BCUT2D eigenvalue weighted by Crippen LogP contribution is 2.29. The largest absolute Gasteiger partial charge is 0.301 e. The van der Waals surface area contributed by atoms with E-state index in [1.54, 1.807) is 0 Å². The Hall–Kier alpha value is -0.540. The van der Waals surface area contributed by atoms with Gasteiger partial charge in [0.2, 0.25) is 0 Å². The summed E-state index contributed by atoms with van der Waals surface area (Å²) >= 11 is 1.87. The molecule has 0 amide bonds. The van der Waals surface area contributed by atoms with Gasteiger partial charge in [0.25, 0.3) is 0 Å². The second kappa shape index (κ2) is 3.46. The SMILES string of the molecule is Fc1ccc([C@@H]2NCCS2)cc1. The molecule has 1 aliphatic heterocycles. The van der Waals surface area contributed by atoms with Gasteiger partial charge in [-0.1, -0.05) is 12.1 Å². The summed E-state index contributed by atoms with van der Waals surface area (Å²) in [6.07, 6.45) is 0. The molecule has 1 aromatic carbocycles. The Labute approximate surface area is 75.4 Å². The van der Waals surface area contributed by atoms with Gasteiger partial charge in [-0.15, -0.1) is 11.8 Å². The third-order valence-corrected chi connectivity index (χ3v) is 3.10. The predicted molar refractivity (Wildman–Crippen MR) is 49.6 cm³/mol. The van der Waals surface area contributed by atoms with E-state index in [9.17, 15) is 4.39 Å². The van der Waals surface area contributed by atoms with Crippen molar-refractivity contribution in [3.63, 3.8) is 0 Å².